The predicted octanol–water partition coefficient (Wildman–Crippen LogP) is 3.51. The molecule has 2 aliphatic heterocycles. The molecule has 2 heterocycles. The highest BCUT2D eigenvalue weighted by molar-refractivity contribution is 6.04. The second-order valence-corrected chi connectivity index (χ2v) is 7.66. The second-order valence-electron chi connectivity index (χ2n) is 7.66. The summed E-state index contributed by atoms with van der Waals surface area (Å²) in [6.07, 6.45) is 3.05. The van der Waals surface area contributed by atoms with Crippen LogP contribution in [0.3, 0.4) is 0 Å². The van der Waals surface area contributed by atoms with Gasteiger partial charge in [-0.05, 0) is 55.0 Å². The molecule has 0 aromatic heterocycles. The summed E-state index contributed by atoms with van der Waals surface area (Å²) >= 11 is 0. The summed E-state index contributed by atoms with van der Waals surface area (Å²) in [6.45, 7) is 4.38. The zero-order valence-corrected chi connectivity index (χ0v) is 16.6. The van der Waals surface area contributed by atoms with Crippen molar-refractivity contribution in [2.24, 2.45) is 5.92 Å². The molecule has 2 amide bonds. The van der Waals surface area contributed by atoms with Crippen LogP contribution in [0.5, 0.6) is 11.5 Å². The number of hydrogen-bond acceptors (Lipinski definition) is 4. The van der Waals surface area contributed by atoms with Crippen LogP contribution in [0.4, 0.5) is 5.69 Å². The van der Waals surface area contributed by atoms with E-state index in [1.165, 1.54) is 5.56 Å². The van der Waals surface area contributed by atoms with E-state index in [0.717, 1.165) is 32.4 Å². The van der Waals surface area contributed by atoms with Gasteiger partial charge >= 0.3 is 0 Å². The highest BCUT2D eigenvalue weighted by Gasteiger charge is 2.21. The quantitative estimate of drug-likeness (QED) is 0.862. The van der Waals surface area contributed by atoms with E-state index in [0.29, 0.717) is 41.9 Å². The first-order valence-electron chi connectivity index (χ1n) is 10.1. The van der Waals surface area contributed by atoms with Gasteiger partial charge in [0.2, 0.25) is 5.91 Å². The fraction of sp³-hybridized carbons (Fsp3) is 0.391. The summed E-state index contributed by atoms with van der Waals surface area (Å²) in [4.78, 5) is 25.9. The van der Waals surface area contributed by atoms with Gasteiger partial charge in [-0.25, -0.2) is 0 Å². The molecule has 0 radical (unpaired) electrons. The highest BCUT2D eigenvalue weighted by atomic mass is 16.6. The van der Waals surface area contributed by atoms with Crippen LogP contribution in [0.25, 0.3) is 0 Å². The van der Waals surface area contributed by atoms with Crippen molar-refractivity contribution >= 4 is 17.5 Å². The molecule has 1 N–H and O–H groups in total. The third-order valence-corrected chi connectivity index (χ3v) is 5.60. The summed E-state index contributed by atoms with van der Waals surface area (Å²) < 4.78 is 11.1. The van der Waals surface area contributed by atoms with Gasteiger partial charge in [-0.2, -0.15) is 0 Å². The van der Waals surface area contributed by atoms with Gasteiger partial charge in [0.25, 0.3) is 5.91 Å². The molecule has 0 bridgehead atoms. The maximum Gasteiger partial charge on any atom is 0.255 e. The Morgan fingerprint density at radius 1 is 1.00 bits per heavy atom. The summed E-state index contributed by atoms with van der Waals surface area (Å²) in [7, 11) is 0. The lowest BCUT2D eigenvalue weighted by molar-refractivity contribution is -0.130. The Morgan fingerprint density at radius 3 is 2.38 bits per heavy atom. The summed E-state index contributed by atoms with van der Waals surface area (Å²) in [5.41, 5.74) is 2.53. The van der Waals surface area contributed by atoms with E-state index in [-0.39, 0.29) is 11.8 Å². The number of piperidine rings is 1. The zero-order valence-electron chi connectivity index (χ0n) is 16.6. The number of carbonyl (C=O) groups is 2. The first kappa shape index (κ1) is 19.3. The molecule has 0 spiro atoms. The van der Waals surface area contributed by atoms with Crippen molar-refractivity contribution in [3.63, 3.8) is 0 Å². The maximum absolute atomic E-state index is 12.6. The average molecular weight is 394 g/mol. The van der Waals surface area contributed by atoms with Gasteiger partial charge in [-0.1, -0.05) is 12.1 Å². The molecule has 2 aromatic rings. The minimum atomic E-state index is -0.150. The third kappa shape index (κ3) is 4.70. The molecule has 6 nitrogen and oxygen atoms in total. The lowest BCUT2D eigenvalue weighted by Gasteiger charge is -2.31. The van der Waals surface area contributed by atoms with Gasteiger partial charge in [0.05, 0.1) is 0 Å². The van der Waals surface area contributed by atoms with E-state index in [9.17, 15) is 9.59 Å². The van der Waals surface area contributed by atoms with Crippen LogP contribution in [-0.4, -0.2) is 43.0 Å². The maximum atomic E-state index is 12.6. The van der Waals surface area contributed by atoms with E-state index >= 15 is 0 Å². The van der Waals surface area contributed by atoms with Gasteiger partial charge in [0.1, 0.15) is 13.2 Å². The summed E-state index contributed by atoms with van der Waals surface area (Å²) in [5.74, 6) is 1.95. The van der Waals surface area contributed by atoms with Gasteiger partial charge in [0, 0.05) is 37.3 Å². The largest absolute Gasteiger partial charge is 0.486 e. The number of hydrogen-bond donors (Lipinski definition) is 1. The molecular weight excluding hydrogens is 368 g/mol. The molecule has 2 aliphatic rings. The topological polar surface area (TPSA) is 67.9 Å². The first-order chi connectivity index (χ1) is 14.1. The summed E-state index contributed by atoms with van der Waals surface area (Å²) in [6, 6.07) is 13.2. The highest BCUT2D eigenvalue weighted by Crippen LogP contribution is 2.32. The number of amides is 2. The van der Waals surface area contributed by atoms with Crippen LogP contribution in [-0.2, 0) is 11.2 Å². The van der Waals surface area contributed by atoms with Crippen LogP contribution in [0.15, 0.2) is 42.5 Å². The van der Waals surface area contributed by atoms with Crippen molar-refractivity contribution in [2.45, 2.75) is 26.2 Å². The van der Waals surface area contributed by atoms with Crippen LogP contribution >= 0.6 is 0 Å². The van der Waals surface area contributed by atoms with Crippen molar-refractivity contribution in [3.05, 3.63) is 53.6 Å². The number of carbonyl (C=O) groups excluding carboxylic acids is 2. The monoisotopic (exact) mass is 394 g/mol. The van der Waals surface area contributed by atoms with Gasteiger partial charge < -0.3 is 19.7 Å². The van der Waals surface area contributed by atoms with Crippen LogP contribution in [0, 0.1) is 5.92 Å². The number of likely N-dealkylation sites (tertiary alicyclic amines) is 1. The zero-order chi connectivity index (χ0) is 20.2. The van der Waals surface area contributed by atoms with E-state index in [2.05, 4.69) is 5.32 Å². The third-order valence-electron chi connectivity index (χ3n) is 5.60. The van der Waals surface area contributed by atoms with Gasteiger partial charge in [-0.15, -0.1) is 0 Å². The van der Waals surface area contributed by atoms with Crippen molar-refractivity contribution in [1.82, 2.24) is 4.90 Å². The standard InChI is InChI=1S/C23H26N2O4/c1-16(26)25-10-8-18(9-11-25)14-17-2-4-19(5-3-17)23(27)24-20-6-7-21-22(15-20)29-13-12-28-21/h2-7,15,18H,8-14H2,1H3,(H,24,27). The van der Waals surface area contributed by atoms with E-state index in [1.54, 1.807) is 13.0 Å². The number of ether oxygens (including phenoxy) is 2. The molecule has 6 heteroatoms. The summed E-state index contributed by atoms with van der Waals surface area (Å²) in [5, 5.41) is 2.91. The molecular formula is C23H26N2O4. The molecule has 4 rings (SSSR count). The molecule has 1 saturated heterocycles. The minimum Gasteiger partial charge on any atom is -0.486 e. The van der Waals surface area contributed by atoms with Crippen LogP contribution in [0.2, 0.25) is 0 Å². The predicted molar refractivity (Wildman–Crippen MR) is 111 cm³/mol. The van der Waals surface area contributed by atoms with E-state index in [4.69, 9.17) is 9.47 Å². The van der Waals surface area contributed by atoms with Crippen molar-refractivity contribution in [2.75, 3.05) is 31.6 Å². The van der Waals surface area contributed by atoms with Crippen LogP contribution < -0.4 is 14.8 Å². The minimum absolute atomic E-state index is 0.150. The molecule has 0 atom stereocenters. The molecule has 0 unspecified atom stereocenters. The Kier molecular flexibility index (Phi) is 5.69. The molecule has 0 aliphatic carbocycles. The van der Waals surface area contributed by atoms with Crippen LogP contribution in [0.1, 0.15) is 35.7 Å². The Bertz CT molecular complexity index is 886. The molecule has 1 fully saturated rings. The Hall–Kier alpha value is -3.02. The molecule has 0 saturated carbocycles. The van der Waals surface area contributed by atoms with E-state index in [1.807, 2.05) is 41.3 Å². The number of benzene rings is 2. The number of nitrogens with one attached hydrogen (secondary N) is 1. The lowest BCUT2D eigenvalue weighted by Crippen LogP contribution is -2.37. The number of fused-ring (bicyclic) bond motifs is 1. The lowest BCUT2D eigenvalue weighted by atomic mass is 9.90. The Morgan fingerprint density at radius 2 is 1.69 bits per heavy atom. The first-order valence-corrected chi connectivity index (χ1v) is 10.1. The van der Waals surface area contributed by atoms with Crippen molar-refractivity contribution < 1.29 is 19.1 Å². The molecule has 152 valence electrons. The van der Waals surface area contributed by atoms with E-state index < -0.39 is 0 Å². The fourth-order valence-corrected chi connectivity index (χ4v) is 3.90. The van der Waals surface area contributed by atoms with Gasteiger partial charge in [0.15, 0.2) is 11.5 Å². The fourth-order valence-electron chi connectivity index (χ4n) is 3.90. The second kappa shape index (κ2) is 8.55. The molecule has 29 heavy (non-hydrogen) atoms. The smallest absolute Gasteiger partial charge is 0.255 e. The number of anilines is 1. The Labute approximate surface area is 170 Å². The normalized spacial score (nSPS) is 16.4. The Balaban J connectivity index is 1.33. The SMILES string of the molecule is CC(=O)N1CCC(Cc2ccc(C(=O)Nc3ccc4c(c3)OCCO4)cc2)CC1. The number of rotatable bonds is 4. The van der Waals surface area contributed by atoms with Gasteiger partial charge in [-0.3, -0.25) is 9.59 Å². The molecule has 2 aromatic carbocycles. The average Bonchev–Trinajstić information content (AvgIpc) is 2.74. The number of nitrogens with zero attached hydrogens (tertiary/aromatic N) is 1. The van der Waals surface area contributed by atoms with Crippen molar-refractivity contribution in [3.8, 4) is 11.5 Å². The van der Waals surface area contributed by atoms with Crippen molar-refractivity contribution in [1.29, 1.82) is 0 Å².